The zero-order chi connectivity index (χ0) is 21.4. The van der Waals surface area contributed by atoms with Crippen LogP contribution in [0.1, 0.15) is 16.8 Å². The molecule has 1 aliphatic heterocycles. The Labute approximate surface area is 177 Å². The fraction of sp³-hybridized carbons (Fsp3) is 0.174. The number of aromatic nitrogens is 3. The largest absolute Gasteiger partial charge is 0.334 e. The summed E-state index contributed by atoms with van der Waals surface area (Å²) in [5, 5.41) is 5.93. The number of rotatable bonds is 3. The predicted octanol–water partition coefficient (Wildman–Crippen LogP) is 3.10. The van der Waals surface area contributed by atoms with Crippen molar-refractivity contribution in [3.8, 4) is 11.3 Å². The number of aromatic amines is 1. The lowest BCUT2D eigenvalue weighted by Crippen LogP contribution is -2.44. The van der Waals surface area contributed by atoms with Gasteiger partial charge in [-0.25, -0.2) is 18.7 Å². The highest BCUT2D eigenvalue weighted by atomic mass is 19.1. The Bertz CT molecular complexity index is 1330. The number of fused-ring (bicyclic) bond motifs is 2. The van der Waals surface area contributed by atoms with Gasteiger partial charge in [0.25, 0.3) is 5.56 Å². The van der Waals surface area contributed by atoms with E-state index < -0.39 is 0 Å². The van der Waals surface area contributed by atoms with E-state index in [0.717, 1.165) is 11.3 Å². The molecular formula is C23H20FN5O2. The van der Waals surface area contributed by atoms with Crippen LogP contribution in [0.5, 0.6) is 0 Å². The SMILES string of the molecule is O=C(NCc1cccc(F)c1)N1CCc2c(nc3cc(-c4ccccc4)[nH]n3c2=O)C1. The summed E-state index contributed by atoms with van der Waals surface area (Å²) in [5.41, 5.74) is 4.06. The van der Waals surface area contributed by atoms with E-state index in [2.05, 4.69) is 15.4 Å². The molecule has 8 heteroatoms. The summed E-state index contributed by atoms with van der Waals surface area (Å²) in [5.74, 6) is -0.339. The van der Waals surface area contributed by atoms with Gasteiger partial charge >= 0.3 is 6.03 Å². The number of H-pyrrole nitrogens is 1. The molecule has 0 radical (unpaired) electrons. The number of carbonyl (C=O) groups is 1. The Morgan fingerprint density at radius 3 is 2.77 bits per heavy atom. The van der Waals surface area contributed by atoms with Crippen LogP contribution in [0, 0.1) is 5.82 Å². The molecule has 0 saturated heterocycles. The van der Waals surface area contributed by atoms with Crippen molar-refractivity contribution in [2.75, 3.05) is 6.54 Å². The Hall–Kier alpha value is -3.94. The monoisotopic (exact) mass is 417 g/mol. The lowest BCUT2D eigenvalue weighted by Gasteiger charge is -2.27. The van der Waals surface area contributed by atoms with Crippen LogP contribution in [-0.4, -0.2) is 32.1 Å². The highest BCUT2D eigenvalue weighted by Gasteiger charge is 2.25. The molecule has 0 fully saturated rings. The van der Waals surface area contributed by atoms with E-state index in [1.54, 1.807) is 17.0 Å². The van der Waals surface area contributed by atoms with Gasteiger partial charge in [-0.1, -0.05) is 42.5 Å². The molecule has 0 bridgehead atoms. The second-order valence-corrected chi connectivity index (χ2v) is 7.53. The van der Waals surface area contributed by atoms with Gasteiger partial charge in [-0.15, -0.1) is 0 Å². The molecule has 0 atom stereocenters. The lowest BCUT2D eigenvalue weighted by molar-refractivity contribution is 0.190. The van der Waals surface area contributed by atoms with Crippen LogP contribution in [0.15, 0.2) is 65.5 Å². The van der Waals surface area contributed by atoms with Crippen LogP contribution >= 0.6 is 0 Å². The zero-order valence-corrected chi connectivity index (χ0v) is 16.6. The Balaban J connectivity index is 1.37. The molecule has 7 nitrogen and oxygen atoms in total. The second kappa shape index (κ2) is 7.71. The van der Waals surface area contributed by atoms with Gasteiger partial charge in [0.05, 0.1) is 17.9 Å². The standard InChI is InChI=1S/C23H20FN5O2/c24-17-8-4-5-15(11-17)13-25-23(31)28-10-9-18-20(14-28)26-21-12-19(27-29(21)22(18)30)16-6-2-1-3-7-16/h1-8,11-12,27H,9-10,13-14H2,(H,25,31). The van der Waals surface area contributed by atoms with Gasteiger partial charge in [0.15, 0.2) is 5.65 Å². The topological polar surface area (TPSA) is 82.5 Å². The first-order valence-electron chi connectivity index (χ1n) is 10.0. The number of urea groups is 1. The van der Waals surface area contributed by atoms with Crippen LogP contribution in [-0.2, 0) is 19.5 Å². The number of amides is 2. The number of hydrogen-bond donors (Lipinski definition) is 2. The van der Waals surface area contributed by atoms with Crippen molar-refractivity contribution < 1.29 is 9.18 Å². The van der Waals surface area contributed by atoms with Gasteiger partial charge < -0.3 is 10.2 Å². The molecule has 0 aliphatic carbocycles. The molecular weight excluding hydrogens is 397 g/mol. The smallest absolute Gasteiger partial charge is 0.318 e. The highest BCUT2D eigenvalue weighted by molar-refractivity contribution is 5.74. The van der Waals surface area contributed by atoms with Crippen LogP contribution in [0.25, 0.3) is 16.9 Å². The van der Waals surface area contributed by atoms with Crippen LogP contribution < -0.4 is 10.9 Å². The molecule has 1 aliphatic rings. The summed E-state index contributed by atoms with van der Waals surface area (Å²) in [6.45, 7) is 0.895. The number of hydrogen-bond acceptors (Lipinski definition) is 3. The first kappa shape index (κ1) is 19.0. The summed E-state index contributed by atoms with van der Waals surface area (Å²) < 4.78 is 14.8. The van der Waals surface area contributed by atoms with Crippen molar-refractivity contribution in [2.24, 2.45) is 0 Å². The van der Waals surface area contributed by atoms with Crippen molar-refractivity contribution in [2.45, 2.75) is 19.5 Å². The minimum absolute atomic E-state index is 0.137. The van der Waals surface area contributed by atoms with Crippen LogP contribution in [0.2, 0.25) is 0 Å². The van der Waals surface area contributed by atoms with E-state index in [1.807, 2.05) is 36.4 Å². The Morgan fingerprint density at radius 1 is 1.13 bits per heavy atom. The summed E-state index contributed by atoms with van der Waals surface area (Å²) in [4.78, 5) is 31.8. The van der Waals surface area contributed by atoms with E-state index in [-0.39, 0.29) is 30.5 Å². The first-order valence-corrected chi connectivity index (χ1v) is 10.0. The van der Waals surface area contributed by atoms with E-state index >= 15 is 0 Å². The molecule has 5 rings (SSSR count). The van der Waals surface area contributed by atoms with E-state index in [1.165, 1.54) is 16.6 Å². The predicted molar refractivity (Wildman–Crippen MR) is 114 cm³/mol. The van der Waals surface area contributed by atoms with E-state index in [0.29, 0.717) is 35.4 Å². The van der Waals surface area contributed by atoms with Gasteiger partial charge in [-0.05, 0) is 29.7 Å². The Kier molecular flexibility index (Phi) is 4.74. The third-order valence-electron chi connectivity index (χ3n) is 5.47. The summed E-state index contributed by atoms with van der Waals surface area (Å²) in [7, 11) is 0. The van der Waals surface area contributed by atoms with Gasteiger partial charge in [0.2, 0.25) is 0 Å². The van der Waals surface area contributed by atoms with Crippen molar-refractivity contribution in [1.82, 2.24) is 24.8 Å². The van der Waals surface area contributed by atoms with Crippen LogP contribution in [0.3, 0.4) is 0 Å². The lowest BCUT2D eigenvalue weighted by atomic mass is 10.1. The number of nitrogens with one attached hydrogen (secondary N) is 2. The number of nitrogens with zero attached hydrogens (tertiary/aromatic N) is 3. The molecule has 156 valence electrons. The third-order valence-corrected chi connectivity index (χ3v) is 5.47. The minimum atomic E-state index is -0.339. The second-order valence-electron chi connectivity index (χ2n) is 7.53. The number of halogens is 1. The molecule has 0 unspecified atom stereocenters. The van der Waals surface area contributed by atoms with E-state index in [4.69, 9.17) is 0 Å². The zero-order valence-electron chi connectivity index (χ0n) is 16.6. The minimum Gasteiger partial charge on any atom is -0.334 e. The van der Waals surface area contributed by atoms with Gasteiger partial charge in [-0.3, -0.25) is 9.89 Å². The quantitative estimate of drug-likeness (QED) is 0.537. The summed E-state index contributed by atoms with van der Waals surface area (Å²) >= 11 is 0. The molecule has 0 spiro atoms. The van der Waals surface area contributed by atoms with Crippen molar-refractivity contribution in [3.05, 3.63) is 93.7 Å². The molecule has 2 aromatic carbocycles. The van der Waals surface area contributed by atoms with Gasteiger partial charge in [0, 0.05) is 24.7 Å². The maximum absolute atomic E-state index is 13.3. The normalized spacial score (nSPS) is 13.3. The molecule has 2 amide bonds. The van der Waals surface area contributed by atoms with Crippen LogP contribution in [0.4, 0.5) is 9.18 Å². The average Bonchev–Trinajstić information content (AvgIpc) is 3.22. The summed E-state index contributed by atoms with van der Waals surface area (Å²) in [6.07, 6.45) is 0.428. The number of benzene rings is 2. The fourth-order valence-electron chi connectivity index (χ4n) is 3.87. The molecule has 2 N–H and O–H groups in total. The van der Waals surface area contributed by atoms with Gasteiger partial charge in [-0.2, -0.15) is 0 Å². The first-order chi connectivity index (χ1) is 15.1. The molecule has 2 aromatic heterocycles. The Morgan fingerprint density at radius 2 is 1.97 bits per heavy atom. The maximum atomic E-state index is 13.3. The molecule has 31 heavy (non-hydrogen) atoms. The molecule has 3 heterocycles. The molecule has 4 aromatic rings. The average molecular weight is 417 g/mol. The molecule has 0 saturated carbocycles. The van der Waals surface area contributed by atoms with Crippen molar-refractivity contribution in [3.63, 3.8) is 0 Å². The van der Waals surface area contributed by atoms with E-state index in [9.17, 15) is 14.0 Å². The van der Waals surface area contributed by atoms with Crippen molar-refractivity contribution in [1.29, 1.82) is 0 Å². The maximum Gasteiger partial charge on any atom is 0.318 e. The number of carbonyl (C=O) groups excluding carboxylic acids is 1. The van der Waals surface area contributed by atoms with Crippen molar-refractivity contribution >= 4 is 11.7 Å². The third kappa shape index (κ3) is 3.68. The fourth-order valence-corrected chi connectivity index (χ4v) is 3.87. The highest BCUT2D eigenvalue weighted by Crippen LogP contribution is 2.20. The van der Waals surface area contributed by atoms with Gasteiger partial charge in [0.1, 0.15) is 5.82 Å². The summed E-state index contributed by atoms with van der Waals surface area (Å²) in [6, 6.07) is 17.4.